The molecule has 1 N–H and O–H groups in total. The zero-order chi connectivity index (χ0) is 21.1. The number of carbonyl (C=O) groups is 2. The molecule has 1 aromatic heterocycles. The Labute approximate surface area is 178 Å². The van der Waals surface area contributed by atoms with E-state index in [-0.39, 0.29) is 4.48 Å². The number of aromatic amines is 1. The molecule has 1 aliphatic rings. The number of aromatic nitrogens is 2. The molecule has 30 heavy (non-hydrogen) atoms. The number of amides is 2. The van der Waals surface area contributed by atoms with Crippen LogP contribution in [0.3, 0.4) is 0 Å². The number of benzene rings is 2. The molecule has 0 saturated carbocycles. The summed E-state index contributed by atoms with van der Waals surface area (Å²) < 4.78 is -0.148. The first-order chi connectivity index (χ1) is 14.5. The van der Waals surface area contributed by atoms with E-state index >= 15 is 0 Å². The van der Waals surface area contributed by atoms with Crippen molar-refractivity contribution in [2.75, 3.05) is 13.1 Å². The Balaban J connectivity index is 1.69. The van der Waals surface area contributed by atoms with Crippen molar-refractivity contribution in [3.8, 4) is 6.07 Å². The number of piperazine rings is 1. The van der Waals surface area contributed by atoms with Crippen molar-refractivity contribution >= 4 is 29.1 Å². The van der Waals surface area contributed by atoms with Crippen LogP contribution in [0.25, 0.3) is 0 Å². The predicted octanol–water partition coefficient (Wildman–Crippen LogP) is 3.01. The van der Waals surface area contributed by atoms with Gasteiger partial charge in [0.15, 0.2) is 0 Å². The molecule has 1 fully saturated rings. The first-order valence-corrected chi connectivity index (χ1v) is 9.83. The summed E-state index contributed by atoms with van der Waals surface area (Å²) in [5, 5.41) is 9.55. The summed E-state index contributed by atoms with van der Waals surface area (Å²) in [4.78, 5) is 35.0. The molecule has 3 aromatic rings. The van der Waals surface area contributed by atoms with E-state index in [1.807, 2.05) is 18.2 Å². The van der Waals surface area contributed by atoms with E-state index in [0.29, 0.717) is 42.5 Å². The molecular weight excluding hydrogens is 402 g/mol. The first-order valence-electron chi connectivity index (χ1n) is 9.45. The zero-order valence-corrected chi connectivity index (χ0v) is 16.8. The molecule has 2 amide bonds. The summed E-state index contributed by atoms with van der Waals surface area (Å²) in [5.74, 6) is -1.04. The van der Waals surface area contributed by atoms with E-state index in [4.69, 9.17) is 16.9 Å². The molecule has 8 heteroatoms. The maximum atomic E-state index is 13.5. The Kier molecular flexibility index (Phi) is 5.36. The van der Waals surface area contributed by atoms with Crippen LogP contribution in [0, 0.1) is 11.3 Å². The molecule has 0 aliphatic carbocycles. The Morgan fingerprint density at radius 2 is 2.00 bits per heavy atom. The highest BCUT2D eigenvalue weighted by Gasteiger charge is 2.49. The summed E-state index contributed by atoms with van der Waals surface area (Å²) >= 11 is 6.21. The summed E-state index contributed by atoms with van der Waals surface area (Å²) in [6.45, 7) is 1.43. The third-order valence-electron chi connectivity index (χ3n) is 5.36. The number of nitriles is 1. The lowest BCUT2D eigenvalue weighted by Gasteiger charge is -2.41. The van der Waals surface area contributed by atoms with Crippen LogP contribution in [0.1, 0.15) is 16.8 Å². The van der Waals surface area contributed by atoms with Crippen LogP contribution in [-0.2, 0) is 22.7 Å². The molecule has 0 spiro atoms. The fourth-order valence-electron chi connectivity index (χ4n) is 3.77. The second kappa shape index (κ2) is 8.11. The molecular formula is C22H19ClN5O2+. The average molecular weight is 421 g/mol. The minimum Gasteiger partial charge on any atom is -0.347 e. The van der Waals surface area contributed by atoms with Crippen molar-refractivity contribution in [2.45, 2.75) is 13.1 Å². The summed E-state index contributed by atoms with van der Waals surface area (Å²) in [6.07, 6.45) is 3.19. The van der Waals surface area contributed by atoms with Gasteiger partial charge < -0.3 is 9.88 Å². The van der Waals surface area contributed by atoms with Gasteiger partial charge in [0.2, 0.25) is 0 Å². The van der Waals surface area contributed by atoms with Crippen molar-refractivity contribution in [1.82, 2.24) is 19.4 Å². The molecule has 7 nitrogen and oxygen atoms in total. The topological polar surface area (TPSA) is 89.8 Å². The first kappa shape index (κ1) is 19.8. The number of H-pyrrole nitrogens is 1. The second-order valence-electron chi connectivity index (χ2n) is 7.25. The van der Waals surface area contributed by atoms with E-state index < -0.39 is 11.8 Å². The van der Waals surface area contributed by atoms with Gasteiger partial charge in [0, 0.05) is 22.8 Å². The fraction of sp³-hybridized carbons (Fsp3) is 0.182. The largest absolute Gasteiger partial charge is 0.409 e. The molecule has 2 heterocycles. The highest BCUT2D eigenvalue weighted by atomic mass is 35.5. The number of hydrogen-bond donors (Lipinski definition) is 1. The normalized spacial score (nSPS) is 19.0. The highest BCUT2D eigenvalue weighted by molar-refractivity contribution is 6.39. The fourth-order valence-corrected chi connectivity index (χ4v) is 3.95. The van der Waals surface area contributed by atoms with Gasteiger partial charge in [-0.05, 0) is 24.3 Å². The number of carbonyl (C=O) groups excluding carboxylic acids is 2. The van der Waals surface area contributed by atoms with Crippen LogP contribution in [0.4, 0.5) is 5.69 Å². The standard InChI is InChI=1S/C22H19ClN5O2/c23-18-2-1-3-20(10-18)28(14-17-6-4-16(11-24)5-7-17)9-8-27(21(29)22(28)30)13-19-12-25-15-26-19/h1-7,10,12,15H,8-9,13-14H2,(H,25,26)/q+1. The maximum absolute atomic E-state index is 13.5. The van der Waals surface area contributed by atoms with Gasteiger partial charge in [0.05, 0.1) is 36.7 Å². The molecule has 2 aromatic carbocycles. The summed E-state index contributed by atoms with van der Waals surface area (Å²) in [6, 6.07) is 16.2. The second-order valence-corrected chi connectivity index (χ2v) is 7.68. The van der Waals surface area contributed by atoms with Crippen LogP contribution in [0.2, 0.25) is 5.02 Å². The highest BCUT2D eigenvalue weighted by Crippen LogP contribution is 2.32. The smallest absolute Gasteiger partial charge is 0.347 e. The van der Waals surface area contributed by atoms with Crippen molar-refractivity contribution in [2.24, 2.45) is 0 Å². The van der Waals surface area contributed by atoms with Crippen LogP contribution in [0.5, 0.6) is 0 Å². The third-order valence-corrected chi connectivity index (χ3v) is 5.60. The SMILES string of the molecule is N#Cc1ccc(C[N+]2(c3cccc(Cl)c3)CCN(Cc3cnc[nH]3)C(=O)C2=O)cc1. The molecule has 1 unspecified atom stereocenters. The number of nitrogens with zero attached hydrogens (tertiary/aromatic N) is 4. The third kappa shape index (κ3) is 3.71. The van der Waals surface area contributed by atoms with Crippen LogP contribution < -0.4 is 4.48 Å². The molecule has 0 radical (unpaired) electrons. The van der Waals surface area contributed by atoms with Crippen molar-refractivity contribution in [3.05, 3.63) is 82.9 Å². The van der Waals surface area contributed by atoms with Crippen molar-refractivity contribution in [1.29, 1.82) is 5.26 Å². The summed E-state index contributed by atoms with van der Waals surface area (Å²) in [5.41, 5.74) is 2.84. The van der Waals surface area contributed by atoms with E-state index in [1.165, 1.54) is 4.90 Å². The number of quaternary nitrogens is 1. The van der Waals surface area contributed by atoms with E-state index in [2.05, 4.69) is 16.0 Å². The molecule has 1 aliphatic heterocycles. The van der Waals surface area contributed by atoms with Crippen molar-refractivity contribution in [3.63, 3.8) is 0 Å². The Bertz CT molecular complexity index is 1120. The number of nitrogens with one attached hydrogen (secondary N) is 1. The van der Waals surface area contributed by atoms with Gasteiger partial charge in [0.25, 0.3) is 0 Å². The van der Waals surface area contributed by atoms with Gasteiger partial charge >= 0.3 is 11.8 Å². The Hall–Kier alpha value is -3.47. The van der Waals surface area contributed by atoms with Crippen LogP contribution in [0.15, 0.2) is 61.1 Å². The van der Waals surface area contributed by atoms with Gasteiger partial charge in [-0.25, -0.2) is 14.3 Å². The van der Waals surface area contributed by atoms with Crippen molar-refractivity contribution < 1.29 is 9.59 Å². The van der Waals surface area contributed by atoms with Gasteiger partial charge in [0.1, 0.15) is 18.8 Å². The zero-order valence-electron chi connectivity index (χ0n) is 16.1. The molecule has 1 atom stereocenters. The number of rotatable bonds is 5. The lowest BCUT2D eigenvalue weighted by Crippen LogP contribution is -2.66. The average Bonchev–Trinajstić information content (AvgIpc) is 3.27. The minimum atomic E-state index is -0.538. The molecule has 0 bridgehead atoms. The monoisotopic (exact) mass is 420 g/mol. The minimum absolute atomic E-state index is 0.148. The van der Waals surface area contributed by atoms with Crippen LogP contribution in [-0.4, -0.2) is 39.8 Å². The Morgan fingerprint density at radius 1 is 1.20 bits per heavy atom. The molecule has 150 valence electrons. The number of imidazole rings is 1. The summed E-state index contributed by atoms with van der Waals surface area (Å²) in [7, 11) is 0. The van der Waals surface area contributed by atoms with Gasteiger partial charge in [-0.15, -0.1) is 0 Å². The lowest BCUT2D eigenvalue weighted by atomic mass is 10.1. The van der Waals surface area contributed by atoms with Gasteiger partial charge in [-0.1, -0.05) is 29.8 Å². The predicted molar refractivity (Wildman–Crippen MR) is 112 cm³/mol. The van der Waals surface area contributed by atoms with Gasteiger partial charge in [-0.2, -0.15) is 5.26 Å². The maximum Gasteiger partial charge on any atom is 0.409 e. The molecule has 4 rings (SSSR count). The number of hydrogen-bond acceptors (Lipinski definition) is 4. The number of halogens is 1. The van der Waals surface area contributed by atoms with Gasteiger partial charge in [-0.3, -0.25) is 4.79 Å². The molecule has 1 saturated heterocycles. The van der Waals surface area contributed by atoms with Crippen LogP contribution >= 0.6 is 11.6 Å². The Morgan fingerprint density at radius 3 is 2.67 bits per heavy atom. The van der Waals surface area contributed by atoms with E-state index in [0.717, 1.165) is 11.3 Å². The quantitative estimate of drug-likeness (QED) is 0.507. The lowest BCUT2D eigenvalue weighted by molar-refractivity contribution is -0.156. The van der Waals surface area contributed by atoms with E-state index in [9.17, 15) is 9.59 Å². The van der Waals surface area contributed by atoms with E-state index in [1.54, 1.807) is 42.9 Å².